The van der Waals surface area contributed by atoms with E-state index >= 15 is 0 Å². The Hall–Kier alpha value is -1.24. The molecule has 0 spiro atoms. The summed E-state index contributed by atoms with van der Waals surface area (Å²) in [6.45, 7) is 0. The van der Waals surface area contributed by atoms with Gasteiger partial charge in [0.05, 0.1) is 16.8 Å². The maximum atomic E-state index is 8.65. The normalized spacial score (nSPS) is 10.3. The number of hydrogen-bond donors (Lipinski definition) is 1. The fourth-order valence-electron chi connectivity index (χ4n) is 1.38. The molecule has 14 heavy (non-hydrogen) atoms. The highest BCUT2D eigenvalue weighted by Gasteiger charge is 2.09. The molecule has 0 saturated carbocycles. The zero-order valence-corrected chi connectivity index (χ0v) is 8.82. The van der Waals surface area contributed by atoms with Crippen LogP contribution in [-0.4, -0.2) is 0 Å². The van der Waals surface area contributed by atoms with Crippen molar-refractivity contribution < 1.29 is 0 Å². The summed E-state index contributed by atoms with van der Waals surface area (Å²) in [7, 11) is 0. The van der Waals surface area contributed by atoms with Crippen LogP contribution >= 0.6 is 22.9 Å². The van der Waals surface area contributed by atoms with Gasteiger partial charge in [0.25, 0.3) is 0 Å². The molecule has 1 aromatic heterocycles. The average Bonchev–Trinajstić information content (AvgIpc) is 2.43. The van der Waals surface area contributed by atoms with Crippen LogP contribution in [-0.2, 0) is 6.42 Å². The Labute approximate surface area is 90.5 Å². The van der Waals surface area contributed by atoms with Crippen molar-refractivity contribution in [2.45, 2.75) is 6.42 Å². The number of thiophene rings is 1. The molecule has 1 aromatic carbocycles. The highest BCUT2D eigenvalue weighted by molar-refractivity contribution is 7.23. The molecule has 0 fully saturated rings. The van der Waals surface area contributed by atoms with Gasteiger partial charge in [-0.25, -0.2) is 0 Å². The molecule has 1 heterocycles. The second kappa shape index (κ2) is 3.49. The number of benzene rings is 1. The molecule has 4 heteroatoms. The van der Waals surface area contributed by atoms with E-state index in [1.807, 2.05) is 18.2 Å². The van der Waals surface area contributed by atoms with Crippen LogP contribution in [0.15, 0.2) is 18.2 Å². The van der Waals surface area contributed by atoms with E-state index in [2.05, 4.69) is 6.07 Å². The number of halogens is 1. The first-order chi connectivity index (χ1) is 6.72. The quantitative estimate of drug-likeness (QED) is 0.754. The van der Waals surface area contributed by atoms with Gasteiger partial charge in [0, 0.05) is 16.0 Å². The molecule has 0 aliphatic heterocycles. The van der Waals surface area contributed by atoms with E-state index in [1.54, 1.807) is 0 Å². The van der Waals surface area contributed by atoms with Crippen molar-refractivity contribution in [1.82, 2.24) is 0 Å². The minimum atomic E-state index is 0.350. The van der Waals surface area contributed by atoms with E-state index in [-0.39, 0.29) is 0 Å². The fourth-order valence-corrected chi connectivity index (χ4v) is 2.79. The molecule has 0 bridgehead atoms. The van der Waals surface area contributed by atoms with Crippen molar-refractivity contribution >= 4 is 38.7 Å². The number of anilines is 1. The van der Waals surface area contributed by atoms with Gasteiger partial charge in [-0.2, -0.15) is 5.26 Å². The molecule has 0 aliphatic rings. The maximum Gasteiger partial charge on any atom is 0.0983 e. The summed E-state index contributed by atoms with van der Waals surface area (Å²) in [5.74, 6) is 0. The Morgan fingerprint density at radius 3 is 3.00 bits per heavy atom. The summed E-state index contributed by atoms with van der Waals surface area (Å²) in [5.41, 5.74) is 7.29. The fraction of sp³-hybridized carbons (Fsp3) is 0.100. The molecule has 0 unspecified atom stereocenters. The summed E-state index contributed by atoms with van der Waals surface area (Å²) in [6.07, 6.45) is 0.350. The molecule has 70 valence electrons. The van der Waals surface area contributed by atoms with Crippen LogP contribution in [0.2, 0.25) is 4.34 Å². The third kappa shape index (κ3) is 1.43. The lowest BCUT2D eigenvalue weighted by molar-refractivity contribution is 1.30. The van der Waals surface area contributed by atoms with E-state index in [0.29, 0.717) is 10.8 Å². The van der Waals surface area contributed by atoms with Gasteiger partial charge in [0.2, 0.25) is 0 Å². The standard InChI is InChI=1S/C10H7ClN2S/c11-10-8(3-4-12)7-2-1-6(13)5-9(7)14-10/h1-2,5H,3,13H2. The van der Waals surface area contributed by atoms with E-state index < -0.39 is 0 Å². The van der Waals surface area contributed by atoms with Crippen molar-refractivity contribution in [1.29, 1.82) is 5.26 Å². The predicted octanol–water partition coefficient (Wildman–Crippen LogP) is 3.20. The summed E-state index contributed by atoms with van der Waals surface area (Å²) in [4.78, 5) is 0. The molecule has 2 rings (SSSR count). The van der Waals surface area contributed by atoms with E-state index in [1.165, 1.54) is 11.3 Å². The largest absolute Gasteiger partial charge is 0.399 e. The monoisotopic (exact) mass is 222 g/mol. The molecular weight excluding hydrogens is 216 g/mol. The van der Waals surface area contributed by atoms with E-state index in [9.17, 15) is 0 Å². The zero-order chi connectivity index (χ0) is 10.1. The Morgan fingerprint density at radius 2 is 2.29 bits per heavy atom. The minimum absolute atomic E-state index is 0.350. The maximum absolute atomic E-state index is 8.65. The van der Waals surface area contributed by atoms with Crippen LogP contribution in [0, 0.1) is 11.3 Å². The Balaban J connectivity index is 2.72. The topological polar surface area (TPSA) is 49.8 Å². The van der Waals surface area contributed by atoms with Crippen LogP contribution in [0.25, 0.3) is 10.1 Å². The molecule has 0 amide bonds. The molecule has 0 saturated heterocycles. The number of hydrogen-bond acceptors (Lipinski definition) is 3. The zero-order valence-electron chi connectivity index (χ0n) is 7.25. The van der Waals surface area contributed by atoms with Crippen molar-refractivity contribution in [3.05, 3.63) is 28.1 Å². The Morgan fingerprint density at radius 1 is 1.50 bits per heavy atom. The molecule has 0 atom stereocenters. The van der Waals surface area contributed by atoms with Crippen LogP contribution in [0.5, 0.6) is 0 Å². The first kappa shape index (κ1) is 9.32. The lowest BCUT2D eigenvalue weighted by Crippen LogP contribution is -1.83. The second-order valence-corrected chi connectivity index (χ2v) is 4.60. The minimum Gasteiger partial charge on any atom is -0.399 e. The third-order valence-electron chi connectivity index (χ3n) is 2.02. The van der Waals surface area contributed by atoms with Gasteiger partial charge >= 0.3 is 0 Å². The van der Waals surface area contributed by atoms with Gasteiger partial charge in [-0.1, -0.05) is 17.7 Å². The summed E-state index contributed by atoms with van der Waals surface area (Å²) >= 11 is 7.49. The Kier molecular flexibility index (Phi) is 2.32. The smallest absolute Gasteiger partial charge is 0.0983 e. The lowest BCUT2D eigenvalue weighted by atomic mass is 10.1. The lowest BCUT2D eigenvalue weighted by Gasteiger charge is -1.94. The second-order valence-electron chi connectivity index (χ2n) is 2.94. The molecular formula is C10H7ClN2S. The number of rotatable bonds is 1. The first-order valence-electron chi connectivity index (χ1n) is 4.05. The van der Waals surface area contributed by atoms with Crippen molar-refractivity contribution in [2.75, 3.05) is 5.73 Å². The third-order valence-corrected chi connectivity index (χ3v) is 3.47. The number of nitrogen functional groups attached to an aromatic ring is 1. The van der Waals surface area contributed by atoms with Gasteiger partial charge in [0.15, 0.2) is 0 Å². The highest BCUT2D eigenvalue weighted by atomic mass is 35.5. The summed E-state index contributed by atoms with van der Waals surface area (Å²) < 4.78 is 1.73. The van der Waals surface area contributed by atoms with E-state index in [4.69, 9.17) is 22.6 Å². The molecule has 0 radical (unpaired) electrons. The number of nitriles is 1. The first-order valence-corrected chi connectivity index (χ1v) is 5.25. The highest BCUT2D eigenvalue weighted by Crippen LogP contribution is 2.36. The van der Waals surface area contributed by atoms with E-state index in [0.717, 1.165) is 21.3 Å². The van der Waals surface area contributed by atoms with Crippen molar-refractivity contribution in [2.24, 2.45) is 0 Å². The number of nitrogens with zero attached hydrogens (tertiary/aromatic N) is 1. The van der Waals surface area contributed by atoms with Crippen LogP contribution in [0.3, 0.4) is 0 Å². The van der Waals surface area contributed by atoms with Gasteiger partial charge in [-0.3, -0.25) is 0 Å². The average molecular weight is 223 g/mol. The van der Waals surface area contributed by atoms with Crippen LogP contribution < -0.4 is 5.73 Å². The van der Waals surface area contributed by atoms with Gasteiger partial charge in [-0.05, 0) is 17.5 Å². The SMILES string of the molecule is N#CCc1c(Cl)sc2cc(N)ccc12. The Bertz CT molecular complexity index is 525. The molecule has 2 nitrogen and oxygen atoms in total. The summed E-state index contributed by atoms with van der Waals surface area (Å²) in [5, 5.41) is 9.69. The number of nitrogens with two attached hydrogens (primary N) is 1. The number of fused-ring (bicyclic) bond motifs is 1. The van der Waals surface area contributed by atoms with Crippen LogP contribution in [0.4, 0.5) is 5.69 Å². The predicted molar refractivity (Wildman–Crippen MR) is 60.6 cm³/mol. The molecule has 2 N–H and O–H groups in total. The van der Waals surface area contributed by atoms with Gasteiger partial charge in [0.1, 0.15) is 0 Å². The summed E-state index contributed by atoms with van der Waals surface area (Å²) in [6, 6.07) is 7.73. The van der Waals surface area contributed by atoms with Crippen molar-refractivity contribution in [3.63, 3.8) is 0 Å². The molecule has 2 aromatic rings. The van der Waals surface area contributed by atoms with Crippen molar-refractivity contribution in [3.8, 4) is 6.07 Å². The van der Waals surface area contributed by atoms with Gasteiger partial charge < -0.3 is 5.73 Å². The molecule has 0 aliphatic carbocycles. The van der Waals surface area contributed by atoms with Gasteiger partial charge in [-0.15, -0.1) is 11.3 Å². The van der Waals surface area contributed by atoms with Crippen LogP contribution in [0.1, 0.15) is 5.56 Å².